The smallest absolute Gasteiger partial charge is 0.261 e. The average molecular weight is 393 g/mol. The van der Waals surface area contributed by atoms with E-state index in [0.29, 0.717) is 33.7 Å². The summed E-state index contributed by atoms with van der Waals surface area (Å²) in [5, 5.41) is 2.91. The topological polar surface area (TPSA) is 85.8 Å². The number of nitrogens with two attached hydrogens (primary N) is 1. The minimum absolute atomic E-state index is 0.303. The predicted octanol–water partition coefficient (Wildman–Crippen LogP) is 4.72. The molecule has 0 unspecified atom stereocenters. The Morgan fingerprint density at radius 2 is 1.50 bits per heavy atom. The molecule has 0 atom stereocenters. The molecular weight excluding hydrogens is 374 g/mol. The molecule has 2 aromatic heterocycles. The van der Waals surface area contributed by atoms with E-state index in [1.807, 2.05) is 85.8 Å². The largest absolute Gasteiger partial charge is 0.384 e. The van der Waals surface area contributed by atoms with Crippen LogP contribution in [-0.4, -0.2) is 20.4 Å². The average Bonchev–Trinajstić information content (AvgIpc) is 3.04. The Bertz CT molecular complexity index is 1390. The van der Waals surface area contributed by atoms with Gasteiger partial charge in [0.2, 0.25) is 0 Å². The maximum Gasteiger partial charge on any atom is 0.261 e. The fraction of sp³-hybridized carbons (Fsp3) is 0.0417. The Balaban J connectivity index is 1.77. The van der Waals surface area contributed by atoms with E-state index in [9.17, 15) is 4.79 Å². The van der Waals surface area contributed by atoms with Crippen molar-refractivity contribution in [2.45, 2.75) is 6.92 Å². The Kier molecular flexibility index (Phi) is 4.17. The lowest BCUT2D eigenvalue weighted by atomic mass is 10.2. The first kappa shape index (κ1) is 17.9. The molecule has 3 N–H and O–H groups in total. The maximum atomic E-state index is 13.2. The Labute approximate surface area is 173 Å². The molecule has 0 aliphatic heterocycles. The van der Waals surface area contributed by atoms with Crippen LogP contribution in [0.3, 0.4) is 0 Å². The number of rotatable bonds is 3. The molecule has 6 heteroatoms. The van der Waals surface area contributed by atoms with E-state index < -0.39 is 0 Å². The van der Waals surface area contributed by atoms with Crippen molar-refractivity contribution in [2.24, 2.45) is 0 Å². The molecule has 6 nitrogen and oxygen atoms in total. The van der Waals surface area contributed by atoms with Crippen molar-refractivity contribution in [2.75, 3.05) is 11.1 Å². The third kappa shape index (κ3) is 2.95. The second kappa shape index (κ2) is 7.00. The van der Waals surface area contributed by atoms with E-state index in [-0.39, 0.29) is 5.91 Å². The highest BCUT2D eigenvalue weighted by atomic mass is 16.1. The summed E-state index contributed by atoms with van der Waals surface area (Å²) in [5.74, 6) is -0.0169. The zero-order chi connectivity index (χ0) is 20.7. The molecule has 0 saturated carbocycles. The van der Waals surface area contributed by atoms with Crippen molar-refractivity contribution >= 4 is 39.6 Å². The van der Waals surface area contributed by atoms with Gasteiger partial charge in [-0.05, 0) is 43.3 Å². The first-order valence-corrected chi connectivity index (χ1v) is 9.62. The van der Waals surface area contributed by atoms with Gasteiger partial charge in [-0.1, -0.05) is 48.0 Å². The van der Waals surface area contributed by atoms with Gasteiger partial charge in [0.05, 0.1) is 11.0 Å². The number of hydrogen-bond donors (Lipinski definition) is 2. The van der Waals surface area contributed by atoms with Crippen molar-refractivity contribution in [1.82, 2.24) is 14.5 Å². The minimum atomic E-state index is -0.320. The van der Waals surface area contributed by atoms with Crippen molar-refractivity contribution < 1.29 is 4.79 Å². The van der Waals surface area contributed by atoms with E-state index in [1.165, 1.54) is 0 Å². The van der Waals surface area contributed by atoms with Gasteiger partial charge < -0.3 is 11.1 Å². The predicted molar refractivity (Wildman–Crippen MR) is 120 cm³/mol. The van der Waals surface area contributed by atoms with E-state index in [0.717, 1.165) is 16.8 Å². The number of carbonyl (C=O) groups is 1. The number of fused-ring (bicyclic) bond motifs is 2. The molecular formula is C24H19N5O. The van der Waals surface area contributed by atoms with Gasteiger partial charge in [0.15, 0.2) is 5.65 Å². The molecule has 30 heavy (non-hydrogen) atoms. The van der Waals surface area contributed by atoms with Crippen LogP contribution in [0.5, 0.6) is 0 Å². The number of nitrogens with zero attached hydrogens (tertiary/aromatic N) is 3. The number of nitrogen functional groups attached to an aromatic ring is 1. The van der Waals surface area contributed by atoms with Gasteiger partial charge in [0.25, 0.3) is 5.91 Å². The first-order chi connectivity index (χ1) is 14.6. The van der Waals surface area contributed by atoms with Gasteiger partial charge in [-0.3, -0.25) is 9.36 Å². The zero-order valence-electron chi connectivity index (χ0n) is 16.3. The fourth-order valence-corrected chi connectivity index (χ4v) is 3.56. The number of carbonyl (C=O) groups excluding carboxylic acids is 1. The summed E-state index contributed by atoms with van der Waals surface area (Å²) >= 11 is 0. The number of nitrogens with one attached hydrogen (secondary N) is 1. The highest BCUT2D eigenvalue weighted by Gasteiger charge is 2.24. The van der Waals surface area contributed by atoms with Crippen LogP contribution in [0.1, 0.15) is 15.9 Å². The molecule has 1 amide bonds. The van der Waals surface area contributed by atoms with E-state index >= 15 is 0 Å². The summed E-state index contributed by atoms with van der Waals surface area (Å²) in [6.45, 7) is 2.02. The van der Waals surface area contributed by atoms with Gasteiger partial charge >= 0.3 is 0 Å². The first-order valence-electron chi connectivity index (χ1n) is 9.62. The summed E-state index contributed by atoms with van der Waals surface area (Å²) in [6, 6.07) is 24.8. The molecule has 0 radical (unpaired) electrons. The van der Waals surface area contributed by atoms with Gasteiger partial charge in [0.1, 0.15) is 16.9 Å². The van der Waals surface area contributed by atoms with Crippen LogP contribution in [0, 0.1) is 6.92 Å². The standard InChI is InChI=1S/C24H19N5O/c1-15-11-13-17(14-12-15)29-22(25)20(24(30)26-16-7-3-2-4-8-16)21-23(29)28-19-10-6-5-9-18(19)27-21/h2-14H,25H2,1H3,(H,26,30). The lowest BCUT2D eigenvalue weighted by molar-refractivity contribution is 0.102. The maximum absolute atomic E-state index is 13.2. The molecule has 0 spiro atoms. The summed E-state index contributed by atoms with van der Waals surface area (Å²) < 4.78 is 1.79. The fourth-order valence-electron chi connectivity index (χ4n) is 3.56. The monoisotopic (exact) mass is 393 g/mol. The van der Waals surface area contributed by atoms with Crippen molar-refractivity contribution in [3.63, 3.8) is 0 Å². The van der Waals surface area contributed by atoms with Gasteiger partial charge in [-0.2, -0.15) is 0 Å². The number of para-hydroxylation sites is 3. The molecule has 5 rings (SSSR count). The van der Waals surface area contributed by atoms with E-state index in [4.69, 9.17) is 15.7 Å². The number of amides is 1. The number of benzene rings is 3. The van der Waals surface area contributed by atoms with E-state index in [1.54, 1.807) is 4.57 Å². The normalized spacial score (nSPS) is 11.1. The third-order valence-electron chi connectivity index (χ3n) is 5.05. The second-order valence-corrected chi connectivity index (χ2v) is 7.14. The molecule has 5 aromatic rings. The summed E-state index contributed by atoms with van der Waals surface area (Å²) in [7, 11) is 0. The zero-order valence-corrected chi connectivity index (χ0v) is 16.3. The molecule has 2 heterocycles. The SMILES string of the molecule is Cc1ccc(-n2c(N)c(C(=O)Nc3ccccc3)c3nc4ccccc4nc32)cc1. The number of aromatic nitrogens is 3. The Hall–Kier alpha value is -4.19. The van der Waals surface area contributed by atoms with Crippen LogP contribution in [0.15, 0.2) is 78.9 Å². The van der Waals surface area contributed by atoms with Crippen molar-refractivity contribution in [1.29, 1.82) is 0 Å². The molecule has 0 fully saturated rings. The molecule has 0 saturated heterocycles. The van der Waals surface area contributed by atoms with Gasteiger partial charge in [0, 0.05) is 11.4 Å². The van der Waals surface area contributed by atoms with E-state index in [2.05, 4.69) is 5.32 Å². The lowest BCUT2D eigenvalue weighted by Gasteiger charge is -2.08. The van der Waals surface area contributed by atoms with Crippen LogP contribution < -0.4 is 11.1 Å². The Morgan fingerprint density at radius 1 is 0.867 bits per heavy atom. The summed E-state index contributed by atoms with van der Waals surface area (Å²) in [6.07, 6.45) is 0. The molecule has 3 aromatic carbocycles. The van der Waals surface area contributed by atoms with Crippen LogP contribution in [0.25, 0.3) is 27.9 Å². The second-order valence-electron chi connectivity index (χ2n) is 7.14. The van der Waals surface area contributed by atoms with Crippen LogP contribution in [0.4, 0.5) is 11.5 Å². The van der Waals surface area contributed by atoms with Crippen molar-refractivity contribution in [3.8, 4) is 5.69 Å². The molecule has 146 valence electrons. The highest BCUT2D eigenvalue weighted by Crippen LogP contribution is 2.31. The lowest BCUT2D eigenvalue weighted by Crippen LogP contribution is -2.14. The third-order valence-corrected chi connectivity index (χ3v) is 5.05. The summed E-state index contributed by atoms with van der Waals surface area (Å²) in [4.78, 5) is 22.7. The molecule has 0 aliphatic carbocycles. The minimum Gasteiger partial charge on any atom is -0.384 e. The van der Waals surface area contributed by atoms with Crippen LogP contribution in [0.2, 0.25) is 0 Å². The van der Waals surface area contributed by atoms with Crippen LogP contribution in [-0.2, 0) is 0 Å². The number of hydrogen-bond acceptors (Lipinski definition) is 4. The molecule has 0 aliphatic rings. The van der Waals surface area contributed by atoms with Crippen molar-refractivity contribution in [3.05, 3.63) is 90.0 Å². The Morgan fingerprint density at radius 3 is 2.20 bits per heavy atom. The number of aryl methyl sites for hydroxylation is 1. The van der Waals surface area contributed by atoms with Crippen LogP contribution >= 0.6 is 0 Å². The van der Waals surface area contributed by atoms with Gasteiger partial charge in [-0.25, -0.2) is 9.97 Å². The van der Waals surface area contributed by atoms with Gasteiger partial charge in [-0.15, -0.1) is 0 Å². The number of anilines is 2. The summed E-state index contributed by atoms with van der Waals surface area (Å²) in [5.41, 5.74) is 12.0. The highest BCUT2D eigenvalue weighted by molar-refractivity contribution is 6.16. The molecule has 0 bridgehead atoms. The quantitative estimate of drug-likeness (QED) is 0.465.